The minimum atomic E-state index is -0.305. The summed E-state index contributed by atoms with van der Waals surface area (Å²) in [6, 6.07) is 10.9. The molecule has 0 aliphatic carbocycles. The number of aromatic nitrogens is 3. The van der Waals surface area contributed by atoms with Crippen LogP contribution in [0.2, 0.25) is 0 Å². The molecule has 0 unspecified atom stereocenters. The lowest BCUT2D eigenvalue weighted by Crippen LogP contribution is -2.19. The van der Waals surface area contributed by atoms with Gasteiger partial charge in [-0.25, -0.2) is 14.8 Å². The molecule has 1 aromatic carbocycles. The normalized spacial score (nSPS) is 10.2. The fourth-order valence-corrected chi connectivity index (χ4v) is 1.94. The molecule has 0 saturated carbocycles. The van der Waals surface area contributed by atoms with Crippen LogP contribution in [0.5, 0.6) is 0 Å². The number of hydrogen-bond donors (Lipinski definition) is 2. The second-order valence-corrected chi connectivity index (χ2v) is 4.82. The van der Waals surface area contributed by atoms with Gasteiger partial charge in [-0.05, 0) is 31.2 Å². The number of nitrogens with one attached hydrogen (secondary N) is 2. The molecule has 6 heteroatoms. The first kappa shape index (κ1) is 13.8. The largest absolute Gasteiger partial charge is 0.323 e. The van der Waals surface area contributed by atoms with E-state index in [9.17, 15) is 4.79 Å². The van der Waals surface area contributed by atoms with Crippen molar-refractivity contribution in [2.24, 2.45) is 0 Å². The molecule has 3 rings (SSSR count). The van der Waals surface area contributed by atoms with Gasteiger partial charge in [-0.15, -0.1) is 0 Å². The van der Waals surface area contributed by atoms with Crippen molar-refractivity contribution in [3.63, 3.8) is 0 Å². The Kier molecular flexibility index (Phi) is 3.82. The molecule has 3 aromatic rings. The Morgan fingerprint density at radius 3 is 2.41 bits per heavy atom. The Balaban J connectivity index is 1.63. The average molecular weight is 293 g/mol. The van der Waals surface area contributed by atoms with E-state index in [-0.39, 0.29) is 6.03 Å². The molecule has 6 nitrogen and oxygen atoms in total. The number of pyridine rings is 1. The van der Waals surface area contributed by atoms with E-state index in [4.69, 9.17) is 0 Å². The predicted octanol–water partition coefficient (Wildman–Crippen LogP) is 3.22. The van der Waals surface area contributed by atoms with Crippen molar-refractivity contribution in [1.29, 1.82) is 0 Å². The van der Waals surface area contributed by atoms with Crippen LogP contribution in [0.1, 0.15) is 5.56 Å². The summed E-state index contributed by atoms with van der Waals surface area (Å²) in [6.45, 7) is 2.00. The second-order valence-electron chi connectivity index (χ2n) is 4.82. The molecule has 2 amide bonds. The lowest BCUT2D eigenvalue weighted by atomic mass is 10.2. The summed E-state index contributed by atoms with van der Waals surface area (Å²) in [7, 11) is 0. The third-order valence-electron chi connectivity index (χ3n) is 3.08. The lowest BCUT2D eigenvalue weighted by Gasteiger charge is -2.08. The summed E-state index contributed by atoms with van der Waals surface area (Å²) in [5, 5.41) is 5.51. The number of rotatable bonds is 3. The van der Waals surface area contributed by atoms with Gasteiger partial charge in [0.15, 0.2) is 0 Å². The first-order valence-corrected chi connectivity index (χ1v) is 6.80. The summed E-state index contributed by atoms with van der Waals surface area (Å²) in [4.78, 5) is 20.2. The van der Waals surface area contributed by atoms with Crippen LogP contribution in [0, 0.1) is 6.92 Å². The molecule has 2 aromatic heterocycles. The van der Waals surface area contributed by atoms with E-state index in [2.05, 4.69) is 20.6 Å². The Morgan fingerprint density at radius 1 is 1.05 bits per heavy atom. The minimum absolute atomic E-state index is 0.305. The van der Waals surface area contributed by atoms with Gasteiger partial charge in [-0.1, -0.05) is 17.7 Å². The third-order valence-corrected chi connectivity index (χ3v) is 3.08. The molecule has 22 heavy (non-hydrogen) atoms. The fourth-order valence-electron chi connectivity index (χ4n) is 1.94. The van der Waals surface area contributed by atoms with Crippen LogP contribution < -0.4 is 10.6 Å². The summed E-state index contributed by atoms with van der Waals surface area (Å²) in [6.07, 6.45) is 6.76. The zero-order chi connectivity index (χ0) is 15.4. The van der Waals surface area contributed by atoms with E-state index in [0.717, 1.165) is 17.1 Å². The topological polar surface area (TPSA) is 71.8 Å². The van der Waals surface area contributed by atoms with Crippen molar-refractivity contribution in [2.45, 2.75) is 6.92 Å². The van der Waals surface area contributed by atoms with Crippen LogP contribution in [0.25, 0.3) is 5.82 Å². The highest BCUT2D eigenvalue weighted by molar-refractivity contribution is 5.99. The number of amides is 2. The Labute approximate surface area is 127 Å². The number of urea groups is 1. The zero-order valence-electron chi connectivity index (χ0n) is 12.0. The van der Waals surface area contributed by atoms with Gasteiger partial charge >= 0.3 is 6.03 Å². The first-order valence-electron chi connectivity index (χ1n) is 6.80. The highest BCUT2D eigenvalue weighted by Gasteiger charge is 2.03. The van der Waals surface area contributed by atoms with Gasteiger partial charge in [0.25, 0.3) is 0 Å². The quantitative estimate of drug-likeness (QED) is 0.778. The third kappa shape index (κ3) is 3.29. The number of hydrogen-bond acceptors (Lipinski definition) is 3. The van der Waals surface area contributed by atoms with Crippen LogP contribution in [-0.4, -0.2) is 20.6 Å². The summed E-state index contributed by atoms with van der Waals surface area (Å²) in [5.41, 5.74) is 2.50. The van der Waals surface area contributed by atoms with Crippen molar-refractivity contribution in [3.05, 3.63) is 66.9 Å². The summed E-state index contributed by atoms with van der Waals surface area (Å²) in [5.74, 6) is 0.738. The molecule has 0 aliphatic rings. The molecule has 0 aliphatic heterocycles. The van der Waals surface area contributed by atoms with Gasteiger partial charge in [0, 0.05) is 18.1 Å². The summed E-state index contributed by atoms with van der Waals surface area (Å²) >= 11 is 0. The highest BCUT2D eigenvalue weighted by atomic mass is 16.2. The number of anilines is 2. The van der Waals surface area contributed by atoms with Gasteiger partial charge in [-0.3, -0.25) is 4.57 Å². The second kappa shape index (κ2) is 6.09. The molecule has 0 atom stereocenters. The molecule has 0 spiro atoms. The molecule has 110 valence electrons. The number of nitrogens with zero attached hydrogens (tertiary/aromatic N) is 3. The molecular weight excluding hydrogens is 278 g/mol. The maximum absolute atomic E-state index is 11.9. The van der Waals surface area contributed by atoms with Gasteiger partial charge in [0.05, 0.1) is 11.9 Å². The SMILES string of the molecule is Cc1ccc(NC(=O)Nc2ccc(-n3ccnc3)nc2)cc1. The number of imidazole rings is 1. The monoisotopic (exact) mass is 293 g/mol. The van der Waals surface area contributed by atoms with Crippen molar-refractivity contribution in [1.82, 2.24) is 14.5 Å². The average Bonchev–Trinajstić information content (AvgIpc) is 3.05. The van der Waals surface area contributed by atoms with Crippen LogP contribution in [-0.2, 0) is 0 Å². The van der Waals surface area contributed by atoms with E-state index in [1.54, 1.807) is 35.6 Å². The minimum Gasteiger partial charge on any atom is -0.308 e. The number of carbonyl (C=O) groups excluding carboxylic acids is 1. The van der Waals surface area contributed by atoms with Crippen LogP contribution in [0.15, 0.2) is 61.3 Å². The van der Waals surface area contributed by atoms with Gasteiger partial charge < -0.3 is 10.6 Å². The molecule has 0 fully saturated rings. The standard InChI is InChI=1S/C16H15N5O/c1-12-2-4-13(5-3-12)19-16(22)20-14-6-7-15(18-10-14)21-9-8-17-11-21/h2-11H,1H3,(H2,19,20,22). The Morgan fingerprint density at radius 2 is 1.77 bits per heavy atom. The van der Waals surface area contributed by atoms with Crippen molar-refractivity contribution < 1.29 is 4.79 Å². The smallest absolute Gasteiger partial charge is 0.308 e. The van der Waals surface area contributed by atoms with Crippen LogP contribution in [0.4, 0.5) is 16.2 Å². The van der Waals surface area contributed by atoms with Gasteiger partial charge in [0.1, 0.15) is 12.1 Å². The Hall–Kier alpha value is -3.15. The summed E-state index contributed by atoms with van der Waals surface area (Å²) < 4.78 is 1.79. The molecule has 0 radical (unpaired) electrons. The molecule has 2 N–H and O–H groups in total. The van der Waals surface area contributed by atoms with Crippen molar-refractivity contribution >= 4 is 17.4 Å². The van der Waals surface area contributed by atoms with Crippen molar-refractivity contribution in [2.75, 3.05) is 10.6 Å². The zero-order valence-corrected chi connectivity index (χ0v) is 12.0. The maximum atomic E-state index is 11.9. The maximum Gasteiger partial charge on any atom is 0.323 e. The van der Waals surface area contributed by atoms with E-state index < -0.39 is 0 Å². The molecule has 2 heterocycles. The van der Waals surface area contributed by atoms with E-state index in [0.29, 0.717) is 5.69 Å². The van der Waals surface area contributed by atoms with Gasteiger partial charge in [-0.2, -0.15) is 0 Å². The number of aryl methyl sites for hydroxylation is 1. The fraction of sp³-hybridized carbons (Fsp3) is 0.0625. The van der Waals surface area contributed by atoms with Gasteiger partial charge in [0.2, 0.25) is 0 Å². The van der Waals surface area contributed by atoms with Crippen LogP contribution >= 0.6 is 0 Å². The lowest BCUT2D eigenvalue weighted by molar-refractivity contribution is 0.262. The predicted molar refractivity (Wildman–Crippen MR) is 85.2 cm³/mol. The molecule has 0 saturated heterocycles. The number of benzene rings is 1. The Bertz CT molecular complexity index is 748. The van der Waals surface area contributed by atoms with Crippen molar-refractivity contribution in [3.8, 4) is 5.82 Å². The van der Waals surface area contributed by atoms with E-state index in [1.807, 2.05) is 37.3 Å². The number of carbonyl (C=O) groups is 1. The van der Waals surface area contributed by atoms with E-state index in [1.165, 1.54) is 0 Å². The molecule has 0 bridgehead atoms. The van der Waals surface area contributed by atoms with Crippen LogP contribution in [0.3, 0.4) is 0 Å². The highest BCUT2D eigenvalue weighted by Crippen LogP contribution is 2.12. The van der Waals surface area contributed by atoms with E-state index >= 15 is 0 Å². The first-order chi connectivity index (χ1) is 10.7. The molecular formula is C16H15N5O.